The van der Waals surface area contributed by atoms with Crippen LogP contribution in [0.25, 0.3) is 0 Å². The molecule has 16 heavy (non-hydrogen) atoms. The Morgan fingerprint density at radius 1 is 1.56 bits per heavy atom. The molecule has 1 atom stereocenters. The van der Waals surface area contributed by atoms with E-state index in [2.05, 4.69) is 17.9 Å². The van der Waals surface area contributed by atoms with E-state index in [0.717, 1.165) is 12.7 Å². The average Bonchev–Trinajstić information content (AvgIpc) is 2.60. The van der Waals surface area contributed by atoms with Gasteiger partial charge in [-0.3, -0.25) is 4.79 Å². The van der Waals surface area contributed by atoms with E-state index in [1.165, 1.54) is 11.1 Å². The number of ether oxygens (including phenoxy) is 1. The maximum absolute atomic E-state index is 11.7. The Balaban J connectivity index is 2.70. The van der Waals surface area contributed by atoms with E-state index in [0.29, 0.717) is 12.1 Å². The average molecular weight is 221 g/mol. The summed E-state index contributed by atoms with van der Waals surface area (Å²) in [5, 5.41) is 0. The number of hydrogen-bond acceptors (Lipinski definition) is 3. The summed E-state index contributed by atoms with van der Waals surface area (Å²) in [6.07, 6.45) is 4.95. The molecule has 86 valence electrons. The minimum absolute atomic E-state index is 0.0271. The third-order valence-corrected chi connectivity index (χ3v) is 2.43. The lowest BCUT2D eigenvalue weighted by molar-refractivity contribution is -0.133. The quantitative estimate of drug-likeness (QED) is 0.313. The number of hydrogen-bond donors (Lipinski definition) is 0. The fraction of sp³-hybridized carbons (Fsp3) is 0.333. The molecule has 1 aliphatic rings. The lowest BCUT2D eigenvalue weighted by Crippen LogP contribution is -2.22. The first kappa shape index (κ1) is 12.2. The summed E-state index contributed by atoms with van der Waals surface area (Å²) in [6, 6.07) is 0. The van der Waals surface area contributed by atoms with Crippen molar-refractivity contribution in [3.63, 3.8) is 0 Å². The van der Waals surface area contributed by atoms with E-state index in [1.807, 2.05) is 0 Å². The molecule has 1 saturated heterocycles. The zero-order valence-electron chi connectivity index (χ0n) is 9.31. The van der Waals surface area contributed by atoms with Crippen molar-refractivity contribution in [3.8, 4) is 0 Å². The van der Waals surface area contributed by atoms with Crippen LogP contribution in [0, 0.1) is 5.92 Å². The number of rotatable bonds is 4. The number of amides is 1. The highest BCUT2D eigenvalue weighted by atomic mass is 16.5. The fourth-order valence-electron chi connectivity index (χ4n) is 1.53. The minimum Gasteiger partial charge on any atom is -0.432 e. The molecular weight excluding hydrogens is 206 g/mol. The van der Waals surface area contributed by atoms with Crippen molar-refractivity contribution in [2.75, 3.05) is 6.54 Å². The number of esters is 1. The highest BCUT2D eigenvalue weighted by molar-refractivity contribution is 5.90. The lowest BCUT2D eigenvalue weighted by atomic mass is 10.1. The number of likely N-dealkylation sites (tertiary alicyclic amines) is 1. The summed E-state index contributed by atoms with van der Waals surface area (Å²) in [5.41, 5.74) is 0.373. The monoisotopic (exact) mass is 221 g/mol. The maximum Gasteiger partial charge on any atom is 0.339 e. The molecule has 0 aromatic rings. The van der Waals surface area contributed by atoms with Gasteiger partial charge in [-0.05, 0) is 13.3 Å². The van der Waals surface area contributed by atoms with Crippen LogP contribution in [0.4, 0.5) is 0 Å². The van der Waals surface area contributed by atoms with Gasteiger partial charge < -0.3 is 9.64 Å². The van der Waals surface area contributed by atoms with Gasteiger partial charge >= 0.3 is 5.97 Å². The van der Waals surface area contributed by atoms with Crippen molar-refractivity contribution < 1.29 is 14.3 Å². The SMILES string of the molecule is C=COC(=O)/C(C)=C/N1CCC(C=C)C1=O. The summed E-state index contributed by atoms with van der Waals surface area (Å²) in [4.78, 5) is 24.5. The molecule has 1 aliphatic heterocycles. The van der Waals surface area contributed by atoms with Crippen LogP contribution in [0.3, 0.4) is 0 Å². The van der Waals surface area contributed by atoms with Crippen LogP contribution in [-0.2, 0) is 14.3 Å². The van der Waals surface area contributed by atoms with Crippen LogP contribution in [0.1, 0.15) is 13.3 Å². The minimum atomic E-state index is -0.496. The van der Waals surface area contributed by atoms with Crippen molar-refractivity contribution in [1.29, 1.82) is 0 Å². The van der Waals surface area contributed by atoms with Gasteiger partial charge in [0.05, 0.1) is 17.8 Å². The van der Waals surface area contributed by atoms with Crippen LogP contribution < -0.4 is 0 Å². The molecule has 4 heteroatoms. The van der Waals surface area contributed by atoms with Gasteiger partial charge in [-0.25, -0.2) is 4.79 Å². The molecule has 0 bridgehead atoms. The number of carbonyl (C=O) groups is 2. The van der Waals surface area contributed by atoms with E-state index >= 15 is 0 Å². The molecule has 0 saturated carbocycles. The topological polar surface area (TPSA) is 46.6 Å². The third kappa shape index (κ3) is 2.59. The first-order chi connectivity index (χ1) is 7.60. The molecule has 1 unspecified atom stereocenters. The van der Waals surface area contributed by atoms with E-state index in [4.69, 9.17) is 0 Å². The molecule has 1 fully saturated rings. The van der Waals surface area contributed by atoms with Gasteiger partial charge in [0.2, 0.25) is 5.91 Å². The highest BCUT2D eigenvalue weighted by Crippen LogP contribution is 2.19. The molecular formula is C12H15NO3. The lowest BCUT2D eigenvalue weighted by Gasteiger charge is -2.11. The first-order valence-electron chi connectivity index (χ1n) is 5.03. The summed E-state index contributed by atoms with van der Waals surface area (Å²) in [7, 11) is 0. The second-order valence-corrected chi connectivity index (χ2v) is 3.55. The molecule has 0 aromatic carbocycles. The Morgan fingerprint density at radius 3 is 2.75 bits per heavy atom. The van der Waals surface area contributed by atoms with Gasteiger partial charge in [0.25, 0.3) is 0 Å². The normalized spacial score (nSPS) is 20.8. The Bertz CT molecular complexity index is 357. The van der Waals surface area contributed by atoms with E-state index < -0.39 is 5.97 Å². The molecule has 0 aliphatic carbocycles. The Morgan fingerprint density at radius 2 is 2.25 bits per heavy atom. The Kier molecular flexibility index (Phi) is 4.05. The Hall–Kier alpha value is -1.84. The van der Waals surface area contributed by atoms with Crippen LogP contribution >= 0.6 is 0 Å². The Labute approximate surface area is 94.9 Å². The number of nitrogens with zero attached hydrogens (tertiary/aromatic N) is 1. The zero-order chi connectivity index (χ0) is 12.1. The molecule has 1 heterocycles. The van der Waals surface area contributed by atoms with Crippen molar-refractivity contribution >= 4 is 11.9 Å². The molecule has 0 aromatic heterocycles. The second-order valence-electron chi connectivity index (χ2n) is 3.55. The zero-order valence-corrected chi connectivity index (χ0v) is 9.31. The van der Waals surface area contributed by atoms with Crippen molar-refractivity contribution in [2.24, 2.45) is 5.92 Å². The summed E-state index contributed by atoms with van der Waals surface area (Å²) >= 11 is 0. The predicted molar refractivity (Wildman–Crippen MR) is 60.1 cm³/mol. The van der Waals surface area contributed by atoms with Gasteiger partial charge in [-0.1, -0.05) is 12.7 Å². The van der Waals surface area contributed by atoms with Crippen LogP contribution in [0.5, 0.6) is 0 Å². The van der Waals surface area contributed by atoms with Crippen molar-refractivity contribution in [2.45, 2.75) is 13.3 Å². The summed E-state index contributed by atoms with van der Waals surface area (Å²) < 4.78 is 4.60. The third-order valence-electron chi connectivity index (χ3n) is 2.43. The van der Waals surface area contributed by atoms with Gasteiger partial charge in [0, 0.05) is 12.7 Å². The van der Waals surface area contributed by atoms with E-state index in [9.17, 15) is 9.59 Å². The molecule has 0 spiro atoms. The van der Waals surface area contributed by atoms with Gasteiger partial charge in [-0.2, -0.15) is 0 Å². The highest BCUT2D eigenvalue weighted by Gasteiger charge is 2.28. The van der Waals surface area contributed by atoms with Crippen molar-refractivity contribution in [1.82, 2.24) is 4.90 Å². The molecule has 4 nitrogen and oxygen atoms in total. The standard InChI is InChI=1S/C12H15NO3/c1-4-10-6-7-13(11(10)14)8-9(3)12(15)16-5-2/h4-5,8,10H,1-2,6-7H2,3H3/b9-8+. The fourth-order valence-corrected chi connectivity index (χ4v) is 1.53. The maximum atomic E-state index is 11.7. The smallest absolute Gasteiger partial charge is 0.339 e. The van der Waals surface area contributed by atoms with Gasteiger partial charge in [-0.15, -0.1) is 6.58 Å². The van der Waals surface area contributed by atoms with Crippen molar-refractivity contribution in [3.05, 3.63) is 37.3 Å². The van der Waals surface area contributed by atoms with Gasteiger partial charge in [0.1, 0.15) is 0 Å². The predicted octanol–water partition coefficient (Wildman–Crippen LogP) is 1.61. The molecule has 0 N–H and O–H groups in total. The second kappa shape index (κ2) is 5.30. The first-order valence-corrected chi connectivity index (χ1v) is 5.03. The van der Waals surface area contributed by atoms with E-state index in [1.54, 1.807) is 13.0 Å². The van der Waals surface area contributed by atoms with Crippen LogP contribution in [-0.4, -0.2) is 23.3 Å². The summed E-state index contributed by atoms with van der Waals surface area (Å²) in [5.74, 6) is -0.662. The van der Waals surface area contributed by atoms with Crippen LogP contribution in [0.2, 0.25) is 0 Å². The largest absolute Gasteiger partial charge is 0.432 e. The molecule has 0 radical (unpaired) electrons. The van der Waals surface area contributed by atoms with E-state index in [-0.39, 0.29) is 11.8 Å². The molecule has 1 amide bonds. The summed E-state index contributed by atoms with van der Waals surface area (Å²) in [6.45, 7) is 9.09. The molecule has 1 rings (SSSR count). The van der Waals surface area contributed by atoms with Crippen LogP contribution in [0.15, 0.2) is 37.3 Å². The number of carbonyl (C=O) groups excluding carboxylic acids is 2. The van der Waals surface area contributed by atoms with Gasteiger partial charge in [0.15, 0.2) is 0 Å².